The van der Waals surface area contributed by atoms with Gasteiger partial charge in [0, 0.05) is 19.5 Å². The number of phenolic OH excluding ortho intramolecular Hbond substituents is 1. The Balaban J connectivity index is 0.00000144. The van der Waals surface area contributed by atoms with E-state index in [0.717, 1.165) is 0 Å². The van der Waals surface area contributed by atoms with E-state index in [9.17, 15) is 8.42 Å². The van der Waals surface area contributed by atoms with E-state index < -0.39 is 9.84 Å². The minimum atomic E-state index is -3.47. The molecule has 1 N–H and O–H groups in total. The van der Waals surface area contributed by atoms with Gasteiger partial charge in [0.2, 0.25) is 9.84 Å². The zero-order valence-electron chi connectivity index (χ0n) is 9.08. The summed E-state index contributed by atoms with van der Waals surface area (Å²) in [6.45, 7) is 0. The molecule has 17 heavy (non-hydrogen) atoms. The molecule has 0 aliphatic heterocycles. The summed E-state index contributed by atoms with van der Waals surface area (Å²) in [7, 11) is -3.47. The van der Waals surface area contributed by atoms with Crippen LogP contribution in [-0.2, 0) is 29.3 Å². The van der Waals surface area contributed by atoms with Crippen molar-refractivity contribution in [2.24, 2.45) is 0 Å². The smallest absolute Gasteiger partial charge is 0.206 e. The Morgan fingerprint density at radius 3 is 1.76 bits per heavy atom. The molecule has 0 aromatic heterocycles. The van der Waals surface area contributed by atoms with Gasteiger partial charge in [-0.05, 0) is 36.4 Å². The molecule has 0 spiro atoms. The molecule has 3 nitrogen and oxygen atoms in total. The topological polar surface area (TPSA) is 54.4 Å². The zero-order chi connectivity index (χ0) is 11.6. The molecule has 0 atom stereocenters. The summed E-state index contributed by atoms with van der Waals surface area (Å²) in [6.07, 6.45) is 0. The minimum absolute atomic E-state index is 0. The van der Waals surface area contributed by atoms with Gasteiger partial charge in [0.05, 0.1) is 9.79 Å². The van der Waals surface area contributed by atoms with Gasteiger partial charge in [-0.25, -0.2) is 8.42 Å². The van der Waals surface area contributed by atoms with Gasteiger partial charge >= 0.3 is 0 Å². The summed E-state index contributed by atoms with van der Waals surface area (Å²) in [5.41, 5.74) is 0. The van der Waals surface area contributed by atoms with Crippen LogP contribution in [0.25, 0.3) is 0 Å². The van der Waals surface area contributed by atoms with Crippen molar-refractivity contribution in [3.05, 3.63) is 54.6 Å². The van der Waals surface area contributed by atoms with E-state index in [4.69, 9.17) is 5.11 Å². The SMILES string of the molecule is O=S(=O)(c1ccccc1)c1ccc(O)cc1.[Zn]. The van der Waals surface area contributed by atoms with Crippen molar-refractivity contribution in [3.8, 4) is 5.75 Å². The standard InChI is InChI=1S/C12H10O3S.Zn/c13-10-6-8-12(9-7-10)16(14,15)11-4-2-1-3-5-11;/h1-9,13H;. The Morgan fingerprint density at radius 1 is 0.765 bits per heavy atom. The maximum absolute atomic E-state index is 12.1. The second-order valence-electron chi connectivity index (χ2n) is 3.31. The summed E-state index contributed by atoms with van der Waals surface area (Å²) in [6, 6.07) is 13.7. The van der Waals surface area contributed by atoms with Crippen LogP contribution >= 0.6 is 0 Å². The molecular weight excluding hydrogens is 290 g/mol. The van der Waals surface area contributed by atoms with Gasteiger partial charge in [0.1, 0.15) is 5.75 Å². The molecule has 2 aromatic carbocycles. The van der Waals surface area contributed by atoms with Crippen LogP contribution in [0.5, 0.6) is 5.75 Å². The maximum atomic E-state index is 12.1. The van der Waals surface area contributed by atoms with Gasteiger partial charge in [0.15, 0.2) is 0 Å². The molecule has 0 radical (unpaired) electrons. The maximum Gasteiger partial charge on any atom is 0.206 e. The summed E-state index contributed by atoms with van der Waals surface area (Å²) >= 11 is 0. The van der Waals surface area contributed by atoms with Crippen molar-refractivity contribution in [2.75, 3.05) is 0 Å². The summed E-state index contributed by atoms with van der Waals surface area (Å²) < 4.78 is 24.1. The van der Waals surface area contributed by atoms with Crippen molar-refractivity contribution in [1.29, 1.82) is 0 Å². The van der Waals surface area contributed by atoms with Crippen molar-refractivity contribution >= 4 is 9.84 Å². The molecular formula is C12H10O3SZn. The Morgan fingerprint density at radius 2 is 1.24 bits per heavy atom. The van der Waals surface area contributed by atoms with Crippen LogP contribution in [-0.4, -0.2) is 13.5 Å². The Hall–Kier alpha value is -1.19. The molecule has 2 aromatic rings. The second-order valence-corrected chi connectivity index (χ2v) is 5.26. The third kappa shape index (κ3) is 2.93. The largest absolute Gasteiger partial charge is 0.508 e. The third-order valence-corrected chi connectivity index (χ3v) is 3.99. The van der Waals surface area contributed by atoms with E-state index >= 15 is 0 Å². The van der Waals surface area contributed by atoms with Crippen LogP contribution in [0, 0.1) is 0 Å². The van der Waals surface area contributed by atoms with E-state index in [1.165, 1.54) is 24.3 Å². The molecule has 0 saturated carbocycles. The predicted octanol–water partition coefficient (Wildman–Crippen LogP) is 2.22. The fourth-order valence-electron chi connectivity index (χ4n) is 1.36. The van der Waals surface area contributed by atoms with Crippen LogP contribution < -0.4 is 0 Å². The van der Waals surface area contributed by atoms with E-state index in [0.29, 0.717) is 0 Å². The Labute approximate surface area is 113 Å². The quantitative estimate of drug-likeness (QED) is 0.865. The normalized spacial score (nSPS) is 10.6. The number of sulfone groups is 1. The van der Waals surface area contributed by atoms with Crippen molar-refractivity contribution < 1.29 is 33.0 Å². The average Bonchev–Trinajstić information content (AvgIpc) is 2.31. The van der Waals surface area contributed by atoms with E-state index in [2.05, 4.69) is 0 Å². The molecule has 0 unspecified atom stereocenters. The molecule has 0 saturated heterocycles. The molecule has 0 amide bonds. The number of aromatic hydroxyl groups is 1. The molecule has 0 bridgehead atoms. The first-order valence-corrected chi connectivity index (χ1v) is 6.18. The number of hydrogen-bond acceptors (Lipinski definition) is 3. The number of rotatable bonds is 2. The molecule has 5 heteroatoms. The first-order chi connectivity index (χ1) is 7.60. The zero-order valence-corrected chi connectivity index (χ0v) is 12.9. The van der Waals surface area contributed by atoms with Crippen LogP contribution in [0.4, 0.5) is 0 Å². The second kappa shape index (κ2) is 5.43. The van der Waals surface area contributed by atoms with Gasteiger partial charge < -0.3 is 5.11 Å². The fraction of sp³-hybridized carbons (Fsp3) is 0. The summed E-state index contributed by atoms with van der Waals surface area (Å²) in [5.74, 6) is 0.0482. The predicted molar refractivity (Wildman–Crippen MR) is 60.0 cm³/mol. The monoisotopic (exact) mass is 298 g/mol. The van der Waals surface area contributed by atoms with Crippen molar-refractivity contribution in [2.45, 2.75) is 9.79 Å². The van der Waals surface area contributed by atoms with Gasteiger partial charge in [-0.1, -0.05) is 18.2 Å². The van der Waals surface area contributed by atoms with Gasteiger partial charge in [-0.15, -0.1) is 0 Å². The fourth-order valence-corrected chi connectivity index (χ4v) is 2.64. The number of hydrogen-bond donors (Lipinski definition) is 1. The van der Waals surface area contributed by atoms with Crippen LogP contribution in [0.1, 0.15) is 0 Å². The molecule has 2 rings (SSSR count). The minimum Gasteiger partial charge on any atom is -0.508 e. The molecule has 0 fully saturated rings. The van der Waals surface area contributed by atoms with Crippen LogP contribution in [0.15, 0.2) is 64.4 Å². The van der Waals surface area contributed by atoms with Gasteiger partial charge in [-0.2, -0.15) is 0 Å². The Kier molecular flexibility index (Phi) is 4.43. The first-order valence-electron chi connectivity index (χ1n) is 4.70. The van der Waals surface area contributed by atoms with E-state index in [1.54, 1.807) is 30.3 Å². The van der Waals surface area contributed by atoms with Crippen molar-refractivity contribution in [1.82, 2.24) is 0 Å². The summed E-state index contributed by atoms with van der Waals surface area (Å²) in [4.78, 5) is 0.428. The van der Waals surface area contributed by atoms with Crippen LogP contribution in [0.3, 0.4) is 0 Å². The van der Waals surface area contributed by atoms with E-state index in [-0.39, 0.29) is 35.0 Å². The summed E-state index contributed by atoms with van der Waals surface area (Å²) in [5, 5.41) is 9.10. The number of phenols is 1. The van der Waals surface area contributed by atoms with Gasteiger partial charge in [-0.3, -0.25) is 0 Å². The van der Waals surface area contributed by atoms with Gasteiger partial charge in [0.25, 0.3) is 0 Å². The van der Waals surface area contributed by atoms with Crippen molar-refractivity contribution in [3.63, 3.8) is 0 Å². The van der Waals surface area contributed by atoms with E-state index in [1.807, 2.05) is 0 Å². The Bertz CT molecular complexity index is 577. The van der Waals surface area contributed by atoms with Crippen LogP contribution in [0.2, 0.25) is 0 Å². The molecule has 84 valence electrons. The molecule has 0 heterocycles. The molecule has 0 aliphatic rings. The average molecular weight is 300 g/mol. The first kappa shape index (κ1) is 13.9. The molecule has 0 aliphatic carbocycles. The third-order valence-electron chi connectivity index (χ3n) is 2.20. The number of benzene rings is 2.